The van der Waals surface area contributed by atoms with E-state index in [1.54, 1.807) is 12.1 Å². The lowest BCUT2D eigenvalue weighted by Crippen LogP contribution is -2.34. The quantitative estimate of drug-likeness (QED) is 0.737. The molecule has 7 heteroatoms. The minimum absolute atomic E-state index is 0.113. The van der Waals surface area contributed by atoms with Gasteiger partial charge >= 0.3 is 5.51 Å². The highest BCUT2D eigenvalue weighted by molar-refractivity contribution is 8.00. The number of hydrogen-bond donors (Lipinski definition) is 1. The zero-order valence-corrected chi connectivity index (χ0v) is 15.0. The fraction of sp³-hybridized carbons (Fsp3) is 0.647. The molecule has 0 radical (unpaired) electrons. The zero-order valence-electron chi connectivity index (χ0n) is 14.2. The van der Waals surface area contributed by atoms with Gasteiger partial charge in [0, 0.05) is 6.54 Å². The lowest BCUT2D eigenvalue weighted by Gasteiger charge is -2.32. The first kappa shape index (κ1) is 19.4. The van der Waals surface area contributed by atoms with E-state index in [1.807, 2.05) is 13.1 Å². The third-order valence-corrected chi connectivity index (χ3v) is 5.14. The van der Waals surface area contributed by atoms with Crippen LogP contribution in [-0.2, 0) is 6.54 Å². The number of nitrogens with one attached hydrogen (secondary N) is 1. The number of methoxy groups -OCH3 is 1. The van der Waals surface area contributed by atoms with Crippen LogP contribution in [0.25, 0.3) is 0 Å². The molecule has 1 heterocycles. The molecule has 0 bridgehead atoms. The number of nitrogens with zero attached hydrogens (tertiary/aromatic N) is 1. The van der Waals surface area contributed by atoms with Crippen molar-refractivity contribution in [2.24, 2.45) is 5.92 Å². The van der Waals surface area contributed by atoms with E-state index in [2.05, 4.69) is 10.2 Å². The first-order valence-electron chi connectivity index (χ1n) is 8.21. The van der Waals surface area contributed by atoms with Crippen molar-refractivity contribution in [3.05, 3.63) is 23.8 Å². The van der Waals surface area contributed by atoms with Crippen LogP contribution in [0, 0.1) is 5.92 Å². The van der Waals surface area contributed by atoms with Gasteiger partial charge in [-0.05, 0) is 81.3 Å². The Morgan fingerprint density at radius 3 is 2.58 bits per heavy atom. The van der Waals surface area contributed by atoms with Crippen LogP contribution in [0.3, 0.4) is 0 Å². The second kappa shape index (κ2) is 8.97. The molecule has 1 aromatic rings. The summed E-state index contributed by atoms with van der Waals surface area (Å²) in [7, 11) is 3.36. The second-order valence-corrected chi connectivity index (χ2v) is 7.25. The molecule has 1 aliphatic rings. The summed E-state index contributed by atoms with van der Waals surface area (Å²) in [5.41, 5.74) is -3.41. The number of alkyl halides is 3. The number of hydrogen-bond acceptors (Lipinski definition) is 4. The molecule has 1 saturated heterocycles. The molecule has 0 spiro atoms. The van der Waals surface area contributed by atoms with Crippen molar-refractivity contribution in [2.45, 2.75) is 36.2 Å². The van der Waals surface area contributed by atoms with Crippen LogP contribution in [-0.4, -0.2) is 44.2 Å². The lowest BCUT2D eigenvalue weighted by atomic mass is 9.93. The standard InChI is InChI=1S/C17H25F3N2OS/c1-21-8-5-13-6-9-22(10-7-13)12-14-3-4-15(23-2)16(11-14)24-17(18,19)20/h3-4,11,13,21H,5-10,12H2,1-2H3. The molecular formula is C17H25F3N2OS. The van der Waals surface area contributed by atoms with Gasteiger partial charge in [0.15, 0.2) is 0 Å². The van der Waals surface area contributed by atoms with Gasteiger partial charge in [-0.25, -0.2) is 0 Å². The van der Waals surface area contributed by atoms with Gasteiger partial charge < -0.3 is 10.1 Å². The van der Waals surface area contributed by atoms with Gasteiger partial charge in [-0.15, -0.1) is 0 Å². The highest BCUT2D eigenvalue weighted by atomic mass is 32.2. The predicted molar refractivity (Wildman–Crippen MR) is 91.5 cm³/mol. The SMILES string of the molecule is CNCCC1CCN(Cc2ccc(OC)c(SC(F)(F)F)c2)CC1. The highest BCUT2D eigenvalue weighted by Gasteiger charge is 2.31. The molecule has 0 saturated carbocycles. The molecule has 0 amide bonds. The molecule has 3 nitrogen and oxygen atoms in total. The molecule has 0 aliphatic carbocycles. The van der Waals surface area contributed by atoms with E-state index in [1.165, 1.54) is 13.5 Å². The maximum Gasteiger partial charge on any atom is 0.446 e. The number of likely N-dealkylation sites (tertiary alicyclic amines) is 1. The van der Waals surface area contributed by atoms with Crippen molar-refractivity contribution >= 4 is 11.8 Å². The average molecular weight is 362 g/mol. The number of rotatable bonds is 7. The Balaban J connectivity index is 1.94. The topological polar surface area (TPSA) is 24.5 Å². The van der Waals surface area contributed by atoms with Crippen molar-refractivity contribution < 1.29 is 17.9 Å². The van der Waals surface area contributed by atoms with E-state index in [9.17, 15) is 13.2 Å². The fourth-order valence-electron chi connectivity index (χ4n) is 3.06. The lowest BCUT2D eigenvalue weighted by molar-refractivity contribution is -0.0328. The van der Waals surface area contributed by atoms with Crippen LogP contribution < -0.4 is 10.1 Å². The summed E-state index contributed by atoms with van der Waals surface area (Å²) in [5.74, 6) is 1.02. The van der Waals surface area contributed by atoms with Crippen molar-refractivity contribution in [1.82, 2.24) is 10.2 Å². The third-order valence-electron chi connectivity index (χ3n) is 4.37. The van der Waals surface area contributed by atoms with Gasteiger partial charge in [-0.1, -0.05) is 6.07 Å². The van der Waals surface area contributed by atoms with Crippen LogP contribution in [0.15, 0.2) is 23.1 Å². The van der Waals surface area contributed by atoms with E-state index in [-0.39, 0.29) is 22.4 Å². The molecule has 1 N–H and O–H groups in total. The Bertz CT molecular complexity index is 517. The third kappa shape index (κ3) is 6.18. The first-order valence-corrected chi connectivity index (χ1v) is 9.02. The first-order chi connectivity index (χ1) is 11.4. The molecule has 24 heavy (non-hydrogen) atoms. The summed E-state index contributed by atoms with van der Waals surface area (Å²) in [4.78, 5) is 2.45. The zero-order chi connectivity index (χ0) is 17.6. The van der Waals surface area contributed by atoms with E-state index in [0.29, 0.717) is 6.54 Å². The molecule has 0 aromatic heterocycles. The molecule has 1 aromatic carbocycles. The summed E-state index contributed by atoms with van der Waals surface area (Å²) < 4.78 is 43.1. The molecule has 0 unspecified atom stereocenters. The van der Waals surface area contributed by atoms with Crippen molar-refractivity contribution in [1.29, 1.82) is 0 Å². The number of benzene rings is 1. The predicted octanol–water partition coefficient (Wildman–Crippen LogP) is 4.13. The van der Waals surface area contributed by atoms with Crippen molar-refractivity contribution in [2.75, 3.05) is 33.8 Å². The smallest absolute Gasteiger partial charge is 0.446 e. The normalized spacial score (nSPS) is 17.2. The van der Waals surface area contributed by atoms with Crippen molar-refractivity contribution in [3.8, 4) is 5.75 Å². The van der Waals surface area contributed by atoms with Gasteiger partial charge in [0.1, 0.15) is 5.75 Å². The van der Waals surface area contributed by atoms with Crippen LogP contribution in [0.2, 0.25) is 0 Å². The second-order valence-electron chi connectivity index (χ2n) is 6.14. The molecular weight excluding hydrogens is 337 g/mol. The van der Waals surface area contributed by atoms with Gasteiger partial charge in [0.2, 0.25) is 0 Å². The minimum Gasteiger partial charge on any atom is -0.496 e. The van der Waals surface area contributed by atoms with E-state index in [4.69, 9.17) is 4.74 Å². The van der Waals surface area contributed by atoms with E-state index < -0.39 is 5.51 Å². The fourth-order valence-corrected chi connectivity index (χ4v) is 3.78. The number of piperidine rings is 1. The Kier molecular flexibility index (Phi) is 7.25. The van der Waals surface area contributed by atoms with Crippen LogP contribution in [0.5, 0.6) is 5.75 Å². The summed E-state index contributed by atoms with van der Waals surface area (Å²) in [6, 6.07) is 5.08. The van der Waals surface area contributed by atoms with E-state index in [0.717, 1.165) is 44.0 Å². The van der Waals surface area contributed by atoms with Crippen LogP contribution in [0.4, 0.5) is 13.2 Å². The largest absolute Gasteiger partial charge is 0.496 e. The Hall–Kier alpha value is -0.920. The van der Waals surface area contributed by atoms with Gasteiger partial charge in [0.25, 0.3) is 0 Å². The molecule has 2 rings (SSSR count). The van der Waals surface area contributed by atoms with Crippen molar-refractivity contribution in [3.63, 3.8) is 0 Å². The van der Waals surface area contributed by atoms with E-state index >= 15 is 0 Å². The maximum atomic E-state index is 12.7. The van der Waals surface area contributed by atoms with Gasteiger partial charge in [-0.2, -0.15) is 13.2 Å². The summed E-state index contributed by atoms with van der Waals surface area (Å²) >= 11 is -0.113. The monoisotopic (exact) mass is 362 g/mol. The summed E-state index contributed by atoms with van der Waals surface area (Å²) in [6.07, 6.45) is 3.50. The summed E-state index contributed by atoms with van der Waals surface area (Å²) in [6.45, 7) is 3.74. The maximum absolute atomic E-state index is 12.7. The van der Waals surface area contributed by atoms with Gasteiger partial charge in [-0.3, -0.25) is 4.90 Å². The molecule has 1 aliphatic heterocycles. The molecule has 1 fully saturated rings. The van der Waals surface area contributed by atoms with Gasteiger partial charge in [0.05, 0.1) is 12.0 Å². The minimum atomic E-state index is -4.31. The Labute approximate surface area is 145 Å². The Morgan fingerprint density at radius 1 is 1.29 bits per heavy atom. The number of halogens is 3. The number of ether oxygens (including phenoxy) is 1. The number of thioether (sulfide) groups is 1. The molecule has 0 atom stereocenters. The van der Waals surface area contributed by atoms with Crippen LogP contribution >= 0.6 is 11.8 Å². The Morgan fingerprint density at radius 2 is 2.00 bits per heavy atom. The average Bonchev–Trinajstić information content (AvgIpc) is 2.53. The van der Waals surface area contributed by atoms with Crippen LogP contribution in [0.1, 0.15) is 24.8 Å². The highest BCUT2D eigenvalue weighted by Crippen LogP contribution is 2.41. The summed E-state index contributed by atoms with van der Waals surface area (Å²) in [5, 5.41) is 3.18. The molecule has 136 valence electrons.